The monoisotopic (exact) mass is 439 g/mol. The van der Waals surface area contributed by atoms with Gasteiger partial charge in [-0.3, -0.25) is 9.69 Å². The van der Waals surface area contributed by atoms with Crippen LogP contribution in [0.25, 0.3) is 10.9 Å². The summed E-state index contributed by atoms with van der Waals surface area (Å²) in [7, 11) is 0. The van der Waals surface area contributed by atoms with Gasteiger partial charge in [-0.05, 0) is 61.2 Å². The lowest BCUT2D eigenvalue weighted by Crippen LogP contribution is -2.28. The SMILES string of the molecule is Cc1ccc(N2C[C@@H](CCNC[C@H]3Cn4c(=O)ccc5ccc(F)c3c54)OC2=O)cc1F. The van der Waals surface area contributed by atoms with Gasteiger partial charge in [0, 0.05) is 30.6 Å². The van der Waals surface area contributed by atoms with Crippen LogP contribution in [0.4, 0.5) is 19.3 Å². The number of halogens is 2. The molecule has 2 aromatic carbocycles. The van der Waals surface area contributed by atoms with Crippen LogP contribution in [0.3, 0.4) is 0 Å². The molecular weight excluding hydrogens is 416 g/mol. The summed E-state index contributed by atoms with van der Waals surface area (Å²) in [6.07, 6.45) is -0.233. The molecule has 0 spiro atoms. The zero-order valence-corrected chi connectivity index (χ0v) is 17.6. The molecule has 1 N–H and O–H groups in total. The maximum Gasteiger partial charge on any atom is 0.414 e. The van der Waals surface area contributed by atoms with E-state index in [9.17, 15) is 18.4 Å². The number of carbonyl (C=O) groups excluding carboxylic acids is 1. The van der Waals surface area contributed by atoms with Crippen LogP contribution >= 0.6 is 0 Å². The summed E-state index contributed by atoms with van der Waals surface area (Å²) in [5, 5.41) is 4.17. The minimum atomic E-state index is -0.488. The third-order valence-electron chi connectivity index (χ3n) is 6.32. The average molecular weight is 439 g/mol. The molecule has 166 valence electrons. The molecule has 2 aliphatic rings. The Morgan fingerprint density at radius 2 is 1.88 bits per heavy atom. The first-order valence-corrected chi connectivity index (χ1v) is 10.7. The van der Waals surface area contributed by atoms with Crippen LogP contribution in [0.15, 0.2) is 47.3 Å². The van der Waals surface area contributed by atoms with Gasteiger partial charge in [-0.15, -0.1) is 0 Å². The van der Waals surface area contributed by atoms with Gasteiger partial charge >= 0.3 is 6.09 Å². The zero-order chi connectivity index (χ0) is 22.4. The lowest BCUT2D eigenvalue weighted by Gasteiger charge is -2.15. The predicted octanol–water partition coefficient (Wildman–Crippen LogP) is 3.69. The molecule has 2 aliphatic heterocycles. The molecule has 6 nitrogen and oxygen atoms in total. The van der Waals surface area contributed by atoms with Crippen LogP contribution in [0.1, 0.15) is 23.5 Å². The molecule has 0 radical (unpaired) electrons. The standard InChI is InChI=1S/C24H23F2N3O3/c1-14-2-5-17(10-20(14)26)28-13-18(32-24(28)31)8-9-27-11-16-12-29-21(30)7-4-15-3-6-19(25)22(16)23(15)29/h2-7,10,16,18,27H,8-9,11-13H2,1H3/t16-,18+/m0/s1. The van der Waals surface area contributed by atoms with Crippen molar-refractivity contribution >= 4 is 22.7 Å². The van der Waals surface area contributed by atoms with Crippen molar-refractivity contribution in [2.45, 2.75) is 31.9 Å². The Kier molecular flexibility index (Phi) is 5.17. The number of nitrogens with one attached hydrogen (secondary N) is 1. The number of ether oxygens (including phenoxy) is 1. The number of amides is 1. The molecule has 3 heterocycles. The van der Waals surface area contributed by atoms with Crippen LogP contribution < -0.4 is 15.8 Å². The highest BCUT2D eigenvalue weighted by atomic mass is 19.1. The number of benzene rings is 2. The molecule has 2 atom stereocenters. The molecule has 0 saturated carbocycles. The molecular formula is C24H23F2N3O3. The number of rotatable bonds is 6. The van der Waals surface area contributed by atoms with Crippen molar-refractivity contribution < 1.29 is 18.3 Å². The van der Waals surface area contributed by atoms with E-state index in [1.54, 1.807) is 35.8 Å². The van der Waals surface area contributed by atoms with E-state index in [0.717, 1.165) is 5.39 Å². The van der Waals surface area contributed by atoms with Crippen molar-refractivity contribution in [3.05, 3.63) is 75.6 Å². The lowest BCUT2D eigenvalue weighted by molar-refractivity contribution is 0.136. The van der Waals surface area contributed by atoms with Gasteiger partial charge in [0.15, 0.2) is 0 Å². The summed E-state index contributed by atoms with van der Waals surface area (Å²) in [4.78, 5) is 25.9. The average Bonchev–Trinajstić information content (AvgIpc) is 3.34. The summed E-state index contributed by atoms with van der Waals surface area (Å²) in [6, 6.07) is 11.1. The van der Waals surface area contributed by atoms with Gasteiger partial charge in [-0.25, -0.2) is 13.6 Å². The summed E-state index contributed by atoms with van der Waals surface area (Å²) in [5.41, 5.74) is 2.12. The third kappa shape index (κ3) is 3.54. The Bertz CT molecular complexity index is 1270. The van der Waals surface area contributed by atoms with Gasteiger partial charge in [0.2, 0.25) is 0 Å². The number of anilines is 1. The number of hydrogen-bond donors (Lipinski definition) is 1. The smallest absolute Gasteiger partial charge is 0.414 e. The van der Waals surface area contributed by atoms with Crippen LogP contribution in [0.2, 0.25) is 0 Å². The molecule has 32 heavy (non-hydrogen) atoms. The normalized spacial score (nSPS) is 19.7. The largest absolute Gasteiger partial charge is 0.444 e. The molecule has 0 bridgehead atoms. The second kappa shape index (κ2) is 8.02. The van der Waals surface area contributed by atoms with E-state index >= 15 is 0 Å². The molecule has 5 rings (SSSR count). The van der Waals surface area contributed by atoms with E-state index in [0.29, 0.717) is 54.9 Å². The third-order valence-corrected chi connectivity index (χ3v) is 6.32. The number of carbonyl (C=O) groups is 1. The van der Waals surface area contributed by atoms with Gasteiger partial charge in [0.05, 0.1) is 17.7 Å². The van der Waals surface area contributed by atoms with Crippen molar-refractivity contribution in [1.29, 1.82) is 0 Å². The number of aromatic nitrogens is 1. The Hall–Kier alpha value is -3.26. The van der Waals surface area contributed by atoms with E-state index in [2.05, 4.69) is 5.32 Å². The number of aryl methyl sites for hydroxylation is 1. The minimum absolute atomic E-state index is 0.127. The van der Waals surface area contributed by atoms with Crippen LogP contribution in [0, 0.1) is 18.6 Å². The van der Waals surface area contributed by atoms with Gasteiger partial charge in [-0.2, -0.15) is 0 Å². The minimum Gasteiger partial charge on any atom is -0.444 e. The van der Waals surface area contributed by atoms with Crippen LogP contribution in [-0.2, 0) is 11.3 Å². The van der Waals surface area contributed by atoms with Crippen molar-refractivity contribution in [2.75, 3.05) is 24.5 Å². The second-order valence-electron chi connectivity index (χ2n) is 8.42. The number of cyclic esters (lactones) is 1. The Labute approximate surface area is 183 Å². The Balaban J connectivity index is 1.19. The predicted molar refractivity (Wildman–Crippen MR) is 117 cm³/mol. The number of nitrogens with zero attached hydrogens (tertiary/aromatic N) is 2. The lowest BCUT2D eigenvalue weighted by atomic mass is 9.99. The van der Waals surface area contributed by atoms with Crippen LogP contribution in [-0.4, -0.2) is 36.4 Å². The molecule has 0 unspecified atom stereocenters. The van der Waals surface area contributed by atoms with Gasteiger partial charge in [-0.1, -0.05) is 6.07 Å². The molecule has 1 saturated heterocycles. The maximum atomic E-state index is 14.6. The molecule has 1 amide bonds. The van der Waals surface area contributed by atoms with E-state index in [1.807, 2.05) is 0 Å². The fourth-order valence-corrected chi connectivity index (χ4v) is 4.62. The van der Waals surface area contributed by atoms with E-state index in [1.165, 1.54) is 23.1 Å². The van der Waals surface area contributed by atoms with Crippen molar-refractivity contribution in [2.24, 2.45) is 0 Å². The highest BCUT2D eigenvalue weighted by Gasteiger charge is 2.33. The van der Waals surface area contributed by atoms with Gasteiger partial charge < -0.3 is 14.6 Å². The first kappa shape index (κ1) is 20.6. The Morgan fingerprint density at radius 1 is 1.06 bits per heavy atom. The highest BCUT2D eigenvalue weighted by Crippen LogP contribution is 2.34. The Morgan fingerprint density at radius 3 is 2.69 bits per heavy atom. The highest BCUT2D eigenvalue weighted by molar-refractivity contribution is 5.89. The quantitative estimate of drug-likeness (QED) is 0.595. The van der Waals surface area contributed by atoms with Crippen molar-refractivity contribution in [1.82, 2.24) is 9.88 Å². The zero-order valence-electron chi connectivity index (χ0n) is 17.6. The van der Waals surface area contributed by atoms with E-state index in [4.69, 9.17) is 4.74 Å². The van der Waals surface area contributed by atoms with E-state index in [-0.39, 0.29) is 29.2 Å². The topological polar surface area (TPSA) is 63.6 Å². The van der Waals surface area contributed by atoms with Crippen LogP contribution in [0.5, 0.6) is 0 Å². The number of hydrogen-bond acceptors (Lipinski definition) is 4. The fraction of sp³-hybridized carbons (Fsp3) is 0.333. The van der Waals surface area contributed by atoms with Gasteiger partial charge in [0.1, 0.15) is 17.7 Å². The molecule has 3 aromatic rings. The molecule has 1 aromatic heterocycles. The van der Waals surface area contributed by atoms with E-state index < -0.39 is 6.09 Å². The van der Waals surface area contributed by atoms with Gasteiger partial charge in [0.25, 0.3) is 5.56 Å². The summed E-state index contributed by atoms with van der Waals surface area (Å²) >= 11 is 0. The summed E-state index contributed by atoms with van der Waals surface area (Å²) < 4.78 is 35.5. The number of pyridine rings is 1. The molecule has 8 heteroatoms. The summed E-state index contributed by atoms with van der Waals surface area (Å²) in [5.74, 6) is -0.807. The fourth-order valence-electron chi connectivity index (χ4n) is 4.62. The molecule has 1 fully saturated rings. The summed E-state index contributed by atoms with van der Waals surface area (Å²) in [6.45, 7) is 3.52. The first-order valence-electron chi connectivity index (χ1n) is 10.7. The van der Waals surface area contributed by atoms with Crippen molar-refractivity contribution in [3.63, 3.8) is 0 Å². The second-order valence-corrected chi connectivity index (χ2v) is 8.42. The molecule has 0 aliphatic carbocycles. The maximum absolute atomic E-state index is 14.6. The first-order chi connectivity index (χ1) is 15.4. The van der Waals surface area contributed by atoms with Crippen molar-refractivity contribution in [3.8, 4) is 0 Å².